The topological polar surface area (TPSA) is 93.1 Å². The number of aryl methyl sites for hydroxylation is 2. The molecule has 2 atom stereocenters. The maximum absolute atomic E-state index is 13.5. The third-order valence-corrected chi connectivity index (χ3v) is 8.34. The molecule has 1 aliphatic heterocycles. The van der Waals surface area contributed by atoms with E-state index in [2.05, 4.69) is 20.8 Å². The number of rotatable bonds is 9. The minimum absolute atomic E-state index is 0.0707. The molecule has 2 unspecified atom stereocenters. The fraction of sp³-hybridized carbons (Fsp3) is 0.517. The van der Waals surface area contributed by atoms with Crippen molar-refractivity contribution in [3.8, 4) is 11.5 Å². The highest BCUT2D eigenvalue weighted by atomic mass is 32.2. The molecule has 2 aromatic carbocycles. The Bertz CT molecular complexity index is 1100. The van der Waals surface area contributed by atoms with Crippen molar-refractivity contribution in [2.45, 2.75) is 81.0 Å². The van der Waals surface area contributed by atoms with Gasteiger partial charge in [-0.15, -0.1) is 11.8 Å². The van der Waals surface area contributed by atoms with Gasteiger partial charge in [0.1, 0.15) is 23.7 Å². The van der Waals surface area contributed by atoms with Crippen LogP contribution in [-0.4, -0.2) is 46.0 Å². The molecule has 6 nitrogen and oxygen atoms in total. The second-order valence-corrected chi connectivity index (χ2v) is 12.2. The van der Waals surface area contributed by atoms with Gasteiger partial charge in [0.05, 0.1) is 6.61 Å². The Hall–Kier alpha value is -2.51. The molecule has 1 saturated heterocycles. The van der Waals surface area contributed by atoms with E-state index in [1.807, 2.05) is 31.2 Å². The summed E-state index contributed by atoms with van der Waals surface area (Å²) in [6, 6.07) is 11.0. The van der Waals surface area contributed by atoms with Gasteiger partial charge in [0, 0.05) is 11.3 Å². The molecule has 0 aromatic heterocycles. The van der Waals surface area contributed by atoms with Crippen LogP contribution in [0.4, 0.5) is 0 Å². The number of hydrogen-bond donors (Lipinski definition) is 2. The number of benzene rings is 2. The van der Waals surface area contributed by atoms with Crippen molar-refractivity contribution in [1.29, 1.82) is 0 Å². The van der Waals surface area contributed by atoms with Crippen LogP contribution >= 0.6 is 11.8 Å². The number of aliphatic hydroxyl groups is 1. The molecule has 7 heteroatoms. The number of carbonyl (C=O) groups is 2. The standard InChI is InChI=1S/C29H36O6S/c1-18-15-25(22(28(2,3)4)16-24(18)34-14-13-30)36-26-23(32)17-29(20-7-8-20,35-27(26)33)12-11-19-5-9-21(31)10-6-19/h5-6,9-10,15-16,20,26,30-31H,7-8,11-14,17H2,1-4H3. The molecule has 1 saturated carbocycles. The van der Waals surface area contributed by atoms with Gasteiger partial charge in [0.25, 0.3) is 0 Å². The summed E-state index contributed by atoms with van der Waals surface area (Å²) in [7, 11) is 0. The number of ether oxygens (including phenoxy) is 2. The van der Waals surface area contributed by atoms with Gasteiger partial charge in [-0.25, -0.2) is 0 Å². The molecule has 194 valence electrons. The first kappa shape index (κ1) is 26.6. The second kappa shape index (κ2) is 10.5. The zero-order valence-electron chi connectivity index (χ0n) is 21.5. The Balaban J connectivity index is 1.54. The van der Waals surface area contributed by atoms with Gasteiger partial charge in [0.2, 0.25) is 0 Å². The minimum atomic E-state index is -0.893. The van der Waals surface area contributed by atoms with Crippen LogP contribution < -0.4 is 4.74 Å². The van der Waals surface area contributed by atoms with E-state index < -0.39 is 16.8 Å². The lowest BCUT2D eigenvalue weighted by atomic mass is 9.82. The van der Waals surface area contributed by atoms with Gasteiger partial charge in [-0.05, 0) is 84.9 Å². The summed E-state index contributed by atoms with van der Waals surface area (Å²) in [5.74, 6) is 0.605. The lowest BCUT2D eigenvalue weighted by Gasteiger charge is -2.39. The molecule has 0 amide bonds. The van der Waals surface area contributed by atoms with E-state index in [0.717, 1.165) is 34.4 Å². The SMILES string of the molecule is Cc1cc(SC2C(=O)CC(CCc3ccc(O)cc3)(C3CC3)OC2=O)c(C(C)(C)C)cc1OCCO. The number of phenolic OH excluding ortho intramolecular Hbond substituents is 1. The molecule has 1 heterocycles. The highest BCUT2D eigenvalue weighted by Crippen LogP contribution is 2.50. The minimum Gasteiger partial charge on any atom is -0.508 e. The fourth-order valence-electron chi connectivity index (χ4n) is 4.91. The molecule has 0 spiro atoms. The molecule has 2 N–H and O–H groups in total. The molecule has 1 aliphatic carbocycles. The molecule has 2 aromatic rings. The Kier molecular flexibility index (Phi) is 7.72. The summed E-state index contributed by atoms with van der Waals surface area (Å²) in [6.07, 6.45) is 3.45. The summed E-state index contributed by atoms with van der Waals surface area (Å²) >= 11 is 1.27. The number of esters is 1. The van der Waals surface area contributed by atoms with Crippen LogP contribution in [0.25, 0.3) is 0 Å². The maximum atomic E-state index is 13.5. The van der Waals surface area contributed by atoms with Gasteiger partial charge in [-0.3, -0.25) is 9.59 Å². The van der Waals surface area contributed by atoms with Crippen molar-refractivity contribution in [3.63, 3.8) is 0 Å². The van der Waals surface area contributed by atoms with E-state index in [1.165, 1.54) is 11.8 Å². The number of hydrogen-bond acceptors (Lipinski definition) is 7. The Morgan fingerprint density at radius 3 is 2.42 bits per heavy atom. The largest absolute Gasteiger partial charge is 0.508 e. The molecular formula is C29H36O6S. The number of Topliss-reactive ketones (excluding diaryl/α,β-unsaturated/α-hetero) is 1. The molecular weight excluding hydrogens is 476 g/mol. The molecule has 2 fully saturated rings. The monoisotopic (exact) mass is 512 g/mol. The van der Waals surface area contributed by atoms with Crippen molar-refractivity contribution in [3.05, 3.63) is 53.1 Å². The van der Waals surface area contributed by atoms with Crippen molar-refractivity contribution in [1.82, 2.24) is 0 Å². The summed E-state index contributed by atoms with van der Waals surface area (Å²) in [6.45, 7) is 8.31. The van der Waals surface area contributed by atoms with Crippen LogP contribution in [0, 0.1) is 12.8 Å². The summed E-state index contributed by atoms with van der Waals surface area (Å²) in [4.78, 5) is 27.6. The maximum Gasteiger partial charge on any atom is 0.327 e. The third-order valence-electron chi connectivity index (χ3n) is 7.06. The average molecular weight is 513 g/mol. The second-order valence-electron chi connectivity index (χ2n) is 11.0. The first-order valence-electron chi connectivity index (χ1n) is 12.6. The van der Waals surface area contributed by atoms with Crippen LogP contribution in [0.15, 0.2) is 41.3 Å². The number of thioether (sulfide) groups is 1. The van der Waals surface area contributed by atoms with Crippen LogP contribution in [0.5, 0.6) is 11.5 Å². The van der Waals surface area contributed by atoms with Crippen LogP contribution in [-0.2, 0) is 26.2 Å². The van der Waals surface area contributed by atoms with E-state index in [-0.39, 0.29) is 42.5 Å². The van der Waals surface area contributed by atoms with Crippen molar-refractivity contribution < 1.29 is 29.3 Å². The predicted octanol–water partition coefficient (Wildman–Crippen LogP) is 5.13. The van der Waals surface area contributed by atoms with Gasteiger partial charge in [-0.2, -0.15) is 0 Å². The Morgan fingerprint density at radius 2 is 1.83 bits per heavy atom. The zero-order chi connectivity index (χ0) is 26.1. The quantitative estimate of drug-likeness (QED) is 0.355. The lowest BCUT2D eigenvalue weighted by Crippen LogP contribution is -2.50. The van der Waals surface area contributed by atoms with Crippen molar-refractivity contribution in [2.75, 3.05) is 13.2 Å². The smallest absolute Gasteiger partial charge is 0.327 e. The summed E-state index contributed by atoms with van der Waals surface area (Å²) in [5, 5.41) is 17.8. The van der Waals surface area contributed by atoms with Crippen LogP contribution in [0.1, 0.15) is 63.1 Å². The van der Waals surface area contributed by atoms with Crippen molar-refractivity contribution in [2.24, 2.45) is 5.92 Å². The number of carbonyl (C=O) groups excluding carboxylic acids is 2. The molecule has 0 radical (unpaired) electrons. The van der Waals surface area contributed by atoms with Gasteiger partial charge < -0.3 is 19.7 Å². The van der Waals surface area contributed by atoms with Gasteiger partial charge in [-0.1, -0.05) is 32.9 Å². The van der Waals surface area contributed by atoms with Gasteiger partial charge in [0.15, 0.2) is 11.0 Å². The highest BCUT2D eigenvalue weighted by Gasteiger charge is 2.54. The number of aliphatic hydroxyl groups excluding tert-OH is 1. The van der Waals surface area contributed by atoms with E-state index in [4.69, 9.17) is 14.6 Å². The van der Waals surface area contributed by atoms with E-state index in [0.29, 0.717) is 18.6 Å². The number of ketones is 1. The van der Waals surface area contributed by atoms with Gasteiger partial charge >= 0.3 is 5.97 Å². The molecule has 4 rings (SSSR count). The third kappa shape index (κ3) is 5.89. The van der Waals surface area contributed by atoms with Crippen molar-refractivity contribution >= 4 is 23.5 Å². The molecule has 2 aliphatic rings. The molecule has 0 bridgehead atoms. The number of phenols is 1. The van der Waals surface area contributed by atoms with E-state index in [1.54, 1.807) is 12.1 Å². The van der Waals surface area contributed by atoms with E-state index >= 15 is 0 Å². The fourth-order valence-corrected chi connectivity index (χ4v) is 6.26. The van der Waals surface area contributed by atoms with E-state index in [9.17, 15) is 14.7 Å². The zero-order valence-corrected chi connectivity index (χ0v) is 22.3. The summed E-state index contributed by atoms with van der Waals surface area (Å²) in [5.41, 5.74) is 1.93. The Labute approximate surface area is 217 Å². The number of aromatic hydroxyl groups is 1. The Morgan fingerprint density at radius 1 is 1.14 bits per heavy atom. The first-order valence-corrected chi connectivity index (χ1v) is 13.5. The first-order chi connectivity index (χ1) is 17.0. The predicted molar refractivity (Wildman–Crippen MR) is 140 cm³/mol. The average Bonchev–Trinajstić information content (AvgIpc) is 3.66. The lowest BCUT2D eigenvalue weighted by molar-refractivity contribution is -0.173. The van der Waals surface area contributed by atoms with Crippen LogP contribution in [0.2, 0.25) is 0 Å². The number of cyclic esters (lactones) is 1. The van der Waals surface area contributed by atoms with Crippen LogP contribution in [0.3, 0.4) is 0 Å². The normalized spacial score (nSPS) is 22.4. The summed E-state index contributed by atoms with van der Waals surface area (Å²) < 4.78 is 11.9. The highest BCUT2D eigenvalue weighted by molar-refractivity contribution is 8.01. The molecule has 36 heavy (non-hydrogen) atoms.